The summed E-state index contributed by atoms with van der Waals surface area (Å²) < 4.78 is 15.3. The molecule has 144 valence electrons. The maximum Gasteiger partial charge on any atom is 0.415 e. The van der Waals surface area contributed by atoms with E-state index < -0.39 is 12.1 Å². The summed E-state index contributed by atoms with van der Waals surface area (Å²) in [5.41, 5.74) is 0. The van der Waals surface area contributed by atoms with Crippen LogP contribution >= 0.6 is 34.8 Å². The zero-order chi connectivity index (χ0) is 19.6. The van der Waals surface area contributed by atoms with Crippen molar-refractivity contribution in [2.24, 2.45) is 0 Å². The molecule has 0 saturated carbocycles. The van der Waals surface area contributed by atoms with Crippen molar-refractivity contribution in [3.05, 3.63) is 57.5 Å². The minimum Gasteiger partial charge on any atom is -0.492 e. The van der Waals surface area contributed by atoms with E-state index in [4.69, 9.17) is 49.0 Å². The molecule has 0 radical (unpaired) electrons. The average Bonchev–Trinajstić information content (AvgIpc) is 2.63. The van der Waals surface area contributed by atoms with E-state index in [-0.39, 0.29) is 19.8 Å². The lowest BCUT2D eigenvalue weighted by Gasteiger charge is -2.10. The average molecular weight is 433 g/mol. The maximum atomic E-state index is 11.6. The lowest BCUT2D eigenvalue weighted by atomic mass is 10.3. The molecule has 0 unspecified atom stereocenters. The first-order valence-electron chi connectivity index (χ1n) is 7.89. The van der Waals surface area contributed by atoms with Crippen molar-refractivity contribution >= 4 is 46.9 Å². The van der Waals surface area contributed by atoms with Gasteiger partial charge in [-0.25, -0.2) is 4.79 Å². The largest absolute Gasteiger partial charge is 0.492 e. The van der Waals surface area contributed by atoms with Crippen LogP contribution < -0.4 is 14.8 Å². The van der Waals surface area contributed by atoms with Crippen LogP contribution in [-0.2, 0) is 9.53 Å². The zero-order valence-corrected chi connectivity index (χ0v) is 16.3. The molecule has 1 N–H and O–H groups in total. The number of amides is 1. The number of para-hydroxylation sites is 1. The van der Waals surface area contributed by atoms with Gasteiger partial charge in [-0.1, -0.05) is 53.0 Å². The van der Waals surface area contributed by atoms with Gasteiger partial charge in [0.25, 0.3) is 0 Å². The quantitative estimate of drug-likeness (QED) is 0.272. The Hall–Kier alpha value is -2.15. The summed E-state index contributed by atoms with van der Waals surface area (Å²) in [4.78, 5) is 23.1. The Morgan fingerprint density at radius 2 is 1.67 bits per heavy atom. The normalized spacial score (nSPS) is 10.2. The summed E-state index contributed by atoms with van der Waals surface area (Å²) in [5, 5.41) is 3.30. The molecule has 0 bridgehead atoms. The van der Waals surface area contributed by atoms with E-state index in [0.29, 0.717) is 33.0 Å². The molecule has 0 heterocycles. The van der Waals surface area contributed by atoms with E-state index in [1.807, 2.05) is 0 Å². The van der Waals surface area contributed by atoms with Gasteiger partial charge in [-0.2, -0.15) is 0 Å². The van der Waals surface area contributed by atoms with Gasteiger partial charge in [0.15, 0.2) is 6.73 Å². The second kappa shape index (κ2) is 10.9. The Morgan fingerprint density at radius 3 is 2.41 bits per heavy atom. The molecule has 0 aliphatic rings. The van der Waals surface area contributed by atoms with Gasteiger partial charge in [-0.3, -0.25) is 10.1 Å². The number of ether oxygens (including phenoxy) is 3. The monoisotopic (exact) mass is 431 g/mol. The minimum absolute atomic E-state index is 0.106. The number of hydrogen-bond acceptors (Lipinski definition) is 5. The summed E-state index contributed by atoms with van der Waals surface area (Å²) in [6, 6.07) is 11.5. The summed E-state index contributed by atoms with van der Waals surface area (Å²) in [7, 11) is 0. The summed E-state index contributed by atoms with van der Waals surface area (Å²) >= 11 is 17.7. The van der Waals surface area contributed by atoms with Crippen molar-refractivity contribution in [3.63, 3.8) is 0 Å². The number of carbonyl (C=O) groups is 2. The third-order valence-electron chi connectivity index (χ3n) is 3.16. The Morgan fingerprint density at radius 1 is 0.963 bits per heavy atom. The number of benzene rings is 2. The van der Waals surface area contributed by atoms with E-state index in [1.165, 1.54) is 12.1 Å². The van der Waals surface area contributed by atoms with Crippen LogP contribution in [0.5, 0.6) is 11.5 Å². The standard InChI is InChI=1S/C18H16Cl3NO5/c19-13-9-15(21)16(10-14(13)20)25-8-4-7-17(23)26-11-22-18(24)27-12-5-2-1-3-6-12/h1-3,5-6,9-10H,4,7-8,11H2,(H,22,24). The molecule has 0 aliphatic carbocycles. The Balaban J connectivity index is 1.60. The Labute approximate surface area is 171 Å². The molecule has 2 rings (SSSR count). The molecule has 0 saturated heterocycles. The predicted molar refractivity (Wildman–Crippen MR) is 103 cm³/mol. The SMILES string of the molecule is O=C(CCCOc1cc(Cl)c(Cl)cc1Cl)OCNC(=O)Oc1ccccc1. The van der Waals surface area contributed by atoms with Gasteiger partial charge in [-0.15, -0.1) is 0 Å². The van der Waals surface area contributed by atoms with Gasteiger partial charge < -0.3 is 14.2 Å². The van der Waals surface area contributed by atoms with Crippen LogP contribution in [0.1, 0.15) is 12.8 Å². The molecule has 2 aromatic rings. The second-order valence-electron chi connectivity index (χ2n) is 5.19. The van der Waals surface area contributed by atoms with Gasteiger partial charge in [-0.05, 0) is 24.6 Å². The summed E-state index contributed by atoms with van der Waals surface area (Å²) in [6.45, 7) is -0.0553. The van der Waals surface area contributed by atoms with Crippen molar-refractivity contribution in [2.75, 3.05) is 13.3 Å². The van der Waals surface area contributed by atoms with Gasteiger partial charge in [0.05, 0.1) is 21.7 Å². The number of esters is 1. The van der Waals surface area contributed by atoms with Crippen molar-refractivity contribution in [2.45, 2.75) is 12.8 Å². The maximum absolute atomic E-state index is 11.6. The molecule has 27 heavy (non-hydrogen) atoms. The molecule has 6 nitrogen and oxygen atoms in total. The van der Waals surface area contributed by atoms with Crippen LogP contribution in [-0.4, -0.2) is 25.4 Å². The first-order chi connectivity index (χ1) is 13.0. The smallest absolute Gasteiger partial charge is 0.415 e. The fourth-order valence-electron chi connectivity index (χ4n) is 1.89. The highest BCUT2D eigenvalue weighted by Gasteiger charge is 2.09. The molecular formula is C18H16Cl3NO5. The van der Waals surface area contributed by atoms with E-state index >= 15 is 0 Å². The molecule has 0 aromatic heterocycles. The van der Waals surface area contributed by atoms with Gasteiger partial charge >= 0.3 is 12.1 Å². The molecule has 2 aromatic carbocycles. The molecule has 9 heteroatoms. The number of rotatable bonds is 8. The number of nitrogens with one attached hydrogen (secondary N) is 1. The van der Waals surface area contributed by atoms with Crippen LogP contribution in [0.15, 0.2) is 42.5 Å². The van der Waals surface area contributed by atoms with E-state index in [1.54, 1.807) is 30.3 Å². The van der Waals surface area contributed by atoms with Gasteiger partial charge in [0.2, 0.25) is 0 Å². The third kappa shape index (κ3) is 7.54. The van der Waals surface area contributed by atoms with Crippen molar-refractivity contribution in [1.29, 1.82) is 0 Å². The second-order valence-corrected chi connectivity index (χ2v) is 6.41. The highest BCUT2D eigenvalue weighted by Crippen LogP contribution is 2.33. The number of hydrogen-bond donors (Lipinski definition) is 1. The Bertz CT molecular complexity index is 786. The first-order valence-corrected chi connectivity index (χ1v) is 9.03. The molecule has 1 amide bonds. The highest BCUT2D eigenvalue weighted by molar-refractivity contribution is 6.43. The molecule has 0 spiro atoms. The first kappa shape index (κ1) is 21.2. The van der Waals surface area contributed by atoms with E-state index in [2.05, 4.69) is 5.32 Å². The fraction of sp³-hybridized carbons (Fsp3) is 0.222. The van der Waals surface area contributed by atoms with Gasteiger partial charge in [0.1, 0.15) is 11.5 Å². The molecule has 0 fully saturated rings. The van der Waals surface area contributed by atoms with Crippen molar-refractivity contribution in [1.82, 2.24) is 5.32 Å². The van der Waals surface area contributed by atoms with Crippen LogP contribution in [0.2, 0.25) is 15.1 Å². The fourth-order valence-corrected chi connectivity index (χ4v) is 2.48. The van der Waals surface area contributed by atoms with Crippen LogP contribution in [0.4, 0.5) is 4.79 Å². The minimum atomic E-state index is -0.716. The van der Waals surface area contributed by atoms with E-state index in [9.17, 15) is 9.59 Å². The topological polar surface area (TPSA) is 73.9 Å². The Kier molecular flexibility index (Phi) is 8.51. The van der Waals surface area contributed by atoms with Crippen LogP contribution in [0, 0.1) is 0 Å². The predicted octanol–water partition coefficient (Wildman–Crippen LogP) is 5.10. The zero-order valence-electron chi connectivity index (χ0n) is 14.0. The van der Waals surface area contributed by atoms with Gasteiger partial charge in [0, 0.05) is 12.5 Å². The highest BCUT2D eigenvalue weighted by atomic mass is 35.5. The summed E-state index contributed by atoms with van der Waals surface area (Å²) in [5.74, 6) is 0.281. The van der Waals surface area contributed by atoms with Crippen LogP contribution in [0.25, 0.3) is 0 Å². The number of carbonyl (C=O) groups excluding carboxylic acids is 2. The molecule has 0 atom stereocenters. The van der Waals surface area contributed by atoms with E-state index in [0.717, 1.165) is 0 Å². The third-order valence-corrected chi connectivity index (χ3v) is 4.18. The lowest BCUT2D eigenvalue weighted by Crippen LogP contribution is -2.30. The summed E-state index contributed by atoms with van der Waals surface area (Å²) in [6.07, 6.45) is -0.218. The molecule has 0 aliphatic heterocycles. The van der Waals surface area contributed by atoms with Crippen molar-refractivity contribution in [3.8, 4) is 11.5 Å². The van der Waals surface area contributed by atoms with Crippen LogP contribution in [0.3, 0.4) is 0 Å². The van der Waals surface area contributed by atoms with Crippen molar-refractivity contribution < 1.29 is 23.8 Å². The number of halogens is 3. The lowest BCUT2D eigenvalue weighted by molar-refractivity contribution is -0.144. The molecular weight excluding hydrogens is 417 g/mol.